The third-order valence-corrected chi connectivity index (χ3v) is 2.81. The van der Waals surface area contributed by atoms with Crippen LogP contribution in [0.2, 0.25) is 5.02 Å². The summed E-state index contributed by atoms with van der Waals surface area (Å²) in [6, 6.07) is 1.02. The standard InChI is InChI=1S/C11H11ClFN3O3/c12-6-3-7(13)9(15-4-6)16-10(17)8(5-1-2-5)19-11(14)18/h3-5,8H,1-2H2,(H2,14,18)(H,15,16,17)/t8-/m0/s1. The van der Waals surface area contributed by atoms with Crippen LogP contribution in [-0.2, 0) is 9.53 Å². The number of rotatable bonds is 4. The molecule has 8 heteroatoms. The van der Waals surface area contributed by atoms with E-state index in [9.17, 15) is 14.0 Å². The molecule has 0 spiro atoms. The van der Waals surface area contributed by atoms with Gasteiger partial charge in [0.15, 0.2) is 17.7 Å². The zero-order valence-corrected chi connectivity index (χ0v) is 10.5. The van der Waals surface area contributed by atoms with Crippen molar-refractivity contribution in [3.8, 4) is 0 Å². The van der Waals surface area contributed by atoms with Gasteiger partial charge in [-0.15, -0.1) is 0 Å². The number of carbonyl (C=O) groups excluding carboxylic acids is 2. The number of nitrogens with two attached hydrogens (primary N) is 1. The molecule has 19 heavy (non-hydrogen) atoms. The first kappa shape index (κ1) is 13.5. The summed E-state index contributed by atoms with van der Waals surface area (Å²) in [6.07, 6.45) is 0.636. The van der Waals surface area contributed by atoms with Gasteiger partial charge < -0.3 is 15.8 Å². The molecule has 3 N–H and O–H groups in total. The first-order chi connectivity index (χ1) is 8.97. The lowest BCUT2D eigenvalue weighted by Crippen LogP contribution is -2.36. The van der Waals surface area contributed by atoms with Crippen LogP contribution in [0.3, 0.4) is 0 Å². The zero-order chi connectivity index (χ0) is 14.0. The average molecular weight is 288 g/mol. The lowest BCUT2D eigenvalue weighted by Gasteiger charge is -2.15. The van der Waals surface area contributed by atoms with E-state index >= 15 is 0 Å². The maximum absolute atomic E-state index is 13.5. The fourth-order valence-corrected chi connectivity index (χ4v) is 1.73. The van der Waals surface area contributed by atoms with Gasteiger partial charge in [-0.25, -0.2) is 14.2 Å². The van der Waals surface area contributed by atoms with Crippen molar-refractivity contribution in [1.29, 1.82) is 0 Å². The van der Waals surface area contributed by atoms with Gasteiger partial charge in [-0.2, -0.15) is 0 Å². The molecule has 0 aromatic carbocycles. The Kier molecular flexibility index (Phi) is 3.84. The molecule has 1 atom stereocenters. The topological polar surface area (TPSA) is 94.3 Å². The highest BCUT2D eigenvalue weighted by Gasteiger charge is 2.39. The van der Waals surface area contributed by atoms with Crippen molar-refractivity contribution < 1.29 is 18.7 Å². The number of ether oxygens (including phenoxy) is 1. The van der Waals surface area contributed by atoms with Crippen molar-refractivity contribution >= 4 is 29.4 Å². The van der Waals surface area contributed by atoms with Gasteiger partial charge in [-0.3, -0.25) is 4.79 Å². The number of aromatic nitrogens is 1. The van der Waals surface area contributed by atoms with Crippen molar-refractivity contribution in [3.05, 3.63) is 23.1 Å². The van der Waals surface area contributed by atoms with E-state index in [1.54, 1.807) is 0 Å². The Labute approximate surface area is 113 Å². The molecule has 1 aromatic rings. The van der Waals surface area contributed by atoms with E-state index in [0.29, 0.717) is 0 Å². The molecule has 102 valence electrons. The molecule has 1 aliphatic carbocycles. The summed E-state index contributed by atoms with van der Waals surface area (Å²) in [5, 5.41) is 2.36. The Balaban J connectivity index is 2.07. The van der Waals surface area contributed by atoms with Gasteiger partial charge in [0, 0.05) is 12.1 Å². The molecule has 1 heterocycles. The number of halogens is 2. The minimum atomic E-state index is -1.04. The highest BCUT2D eigenvalue weighted by molar-refractivity contribution is 6.30. The van der Waals surface area contributed by atoms with E-state index in [2.05, 4.69) is 10.3 Å². The summed E-state index contributed by atoms with van der Waals surface area (Å²) in [5.41, 5.74) is 4.89. The molecule has 1 saturated carbocycles. The van der Waals surface area contributed by atoms with Crippen molar-refractivity contribution in [2.24, 2.45) is 11.7 Å². The fourth-order valence-electron chi connectivity index (χ4n) is 1.58. The number of primary amides is 1. The molecule has 1 aliphatic rings. The number of hydrogen-bond acceptors (Lipinski definition) is 4. The molecule has 2 amide bonds. The fraction of sp³-hybridized carbons (Fsp3) is 0.364. The van der Waals surface area contributed by atoms with Crippen LogP contribution in [0.15, 0.2) is 12.3 Å². The normalized spacial score (nSPS) is 15.7. The molecule has 6 nitrogen and oxygen atoms in total. The van der Waals surface area contributed by atoms with Crippen LogP contribution in [0.25, 0.3) is 0 Å². The van der Waals surface area contributed by atoms with E-state index in [4.69, 9.17) is 22.1 Å². The lowest BCUT2D eigenvalue weighted by atomic mass is 10.2. The van der Waals surface area contributed by atoms with E-state index in [1.165, 1.54) is 6.20 Å². The molecule has 2 rings (SSSR count). The third kappa shape index (κ3) is 3.54. The maximum Gasteiger partial charge on any atom is 0.405 e. The van der Waals surface area contributed by atoms with Crippen LogP contribution in [0, 0.1) is 11.7 Å². The minimum Gasteiger partial charge on any atom is -0.436 e. The van der Waals surface area contributed by atoms with Gasteiger partial charge in [0.2, 0.25) is 0 Å². The Morgan fingerprint density at radius 2 is 2.26 bits per heavy atom. The maximum atomic E-state index is 13.5. The number of hydrogen-bond donors (Lipinski definition) is 2. The summed E-state index contributed by atoms with van der Waals surface area (Å²) in [4.78, 5) is 26.3. The summed E-state index contributed by atoms with van der Waals surface area (Å²) in [6.45, 7) is 0. The molecular weight excluding hydrogens is 277 g/mol. The van der Waals surface area contributed by atoms with Crippen LogP contribution >= 0.6 is 11.6 Å². The number of nitrogens with one attached hydrogen (secondary N) is 1. The summed E-state index contributed by atoms with van der Waals surface area (Å²) in [7, 11) is 0. The Hall–Kier alpha value is -1.89. The first-order valence-electron chi connectivity index (χ1n) is 5.55. The lowest BCUT2D eigenvalue weighted by molar-refractivity contribution is -0.125. The van der Waals surface area contributed by atoms with Crippen LogP contribution in [0.1, 0.15) is 12.8 Å². The third-order valence-electron chi connectivity index (χ3n) is 2.60. The largest absolute Gasteiger partial charge is 0.436 e. The zero-order valence-electron chi connectivity index (χ0n) is 9.73. The molecule has 0 saturated heterocycles. The Bertz CT molecular complexity index is 522. The van der Waals surface area contributed by atoms with Crippen LogP contribution in [-0.4, -0.2) is 23.1 Å². The molecular formula is C11H11ClFN3O3. The smallest absolute Gasteiger partial charge is 0.405 e. The first-order valence-corrected chi connectivity index (χ1v) is 5.93. The molecule has 0 bridgehead atoms. The highest BCUT2D eigenvalue weighted by Crippen LogP contribution is 2.35. The van der Waals surface area contributed by atoms with E-state index in [1.807, 2.05) is 0 Å². The predicted octanol–water partition coefficient (Wildman–Crippen LogP) is 1.69. The van der Waals surface area contributed by atoms with E-state index in [0.717, 1.165) is 18.9 Å². The number of pyridine rings is 1. The van der Waals surface area contributed by atoms with Crippen molar-refractivity contribution in [2.75, 3.05) is 5.32 Å². The van der Waals surface area contributed by atoms with Crippen LogP contribution in [0.4, 0.5) is 15.0 Å². The van der Waals surface area contributed by atoms with Crippen molar-refractivity contribution in [3.63, 3.8) is 0 Å². The van der Waals surface area contributed by atoms with Gasteiger partial charge in [0.05, 0.1) is 5.02 Å². The predicted molar refractivity (Wildman–Crippen MR) is 65.0 cm³/mol. The number of amides is 2. The molecule has 1 aromatic heterocycles. The van der Waals surface area contributed by atoms with Gasteiger partial charge in [0.25, 0.3) is 5.91 Å². The van der Waals surface area contributed by atoms with Crippen LogP contribution < -0.4 is 11.1 Å². The average Bonchev–Trinajstić information content (AvgIpc) is 3.13. The summed E-state index contributed by atoms with van der Waals surface area (Å²) >= 11 is 5.54. The number of nitrogens with zero attached hydrogens (tertiary/aromatic N) is 1. The SMILES string of the molecule is NC(=O)O[C@H](C(=O)Nc1ncc(Cl)cc1F)C1CC1. The second-order valence-corrected chi connectivity index (χ2v) is 4.60. The number of carbonyl (C=O) groups is 2. The van der Waals surface area contributed by atoms with E-state index < -0.39 is 23.9 Å². The molecule has 0 aliphatic heterocycles. The quantitative estimate of drug-likeness (QED) is 0.881. The summed E-state index contributed by atoms with van der Waals surface area (Å²) in [5.74, 6) is -1.78. The van der Waals surface area contributed by atoms with E-state index in [-0.39, 0.29) is 16.8 Å². The second-order valence-electron chi connectivity index (χ2n) is 4.17. The summed E-state index contributed by atoms with van der Waals surface area (Å²) < 4.78 is 18.2. The highest BCUT2D eigenvalue weighted by atomic mass is 35.5. The van der Waals surface area contributed by atoms with Gasteiger partial charge in [0.1, 0.15) is 0 Å². The molecule has 0 unspecified atom stereocenters. The number of anilines is 1. The van der Waals surface area contributed by atoms with Crippen molar-refractivity contribution in [2.45, 2.75) is 18.9 Å². The molecule has 0 radical (unpaired) electrons. The van der Waals surface area contributed by atoms with Crippen molar-refractivity contribution in [1.82, 2.24) is 4.98 Å². The molecule has 1 fully saturated rings. The Morgan fingerprint density at radius 1 is 1.58 bits per heavy atom. The Morgan fingerprint density at radius 3 is 2.79 bits per heavy atom. The monoisotopic (exact) mass is 287 g/mol. The van der Waals surface area contributed by atoms with Crippen LogP contribution in [0.5, 0.6) is 0 Å². The minimum absolute atomic E-state index is 0.0807. The van der Waals surface area contributed by atoms with Gasteiger partial charge in [-0.1, -0.05) is 11.6 Å². The second kappa shape index (κ2) is 5.40. The van der Waals surface area contributed by atoms with Gasteiger partial charge in [-0.05, 0) is 18.9 Å². The van der Waals surface area contributed by atoms with Gasteiger partial charge >= 0.3 is 6.09 Å².